The van der Waals surface area contributed by atoms with Crippen LogP contribution in [-0.4, -0.2) is 61.7 Å². The zero-order valence-corrected chi connectivity index (χ0v) is 17.9. The molecule has 0 aliphatic carbocycles. The molecule has 4 rings (SSSR count). The van der Waals surface area contributed by atoms with Crippen LogP contribution in [0, 0.1) is 0 Å². The molecule has 0 saturated carbocycles. The molecule has 0 spiro atoms. The summed E-state index contributed by atoms with van der Waals surface area (Å²) in [5.74, 6) is -0.242. The fourth-order valence-electron chi connectivity index (χ4n) is 3.84. The number of amides is 1. The number of fused-ring (bicyclic) bond motifs is 1. The lowest BCUT2D eigenvalue weighted by molar-refractivity contribution is -0.122. The Labute approximate surface area is 173 Å². The van der Waals surface area contributed by atoms with Crippen LogP contribution in [0.3, 0.4) is 0 Å². The zero-order valence-electron chi connectivity index (χ0n) is 15.5. The van der Waals surface area contributed by atoms with Crippen LogP contribution < -0.4 is 4.90 Å². The fraction of sp³-hybridized carbons (Fsp3) is 0.556. The van der Waals surface area contributed by atoms with Crippen LogP contribution in [0.25, 0.3) is 10.2 Å². The molecule has 3 heterocycles. The number of anilines is 1. The summed E-state index contributed by atoms with van der Waals surface area (Å²) in [5, 5.41) is 1.06. The van der Waals surface area contributed by atoms with Crippen LogP contribution >= 0.6 is 22.9 Å². The molecule has 0 radical (unpaired) electrons. The number of aromatic nitrogens is 1. The number of carbonyl (C=O) groups is 1. The molecule has 0 N–H and O–H groups in total. The third-order valence-electron chi connectivity index (χ3n) is 5.18. The van der Waals surface area contributed by atoms with Gasteiger partial charge in [0.2, 0.25) is 15.9 Å². The molecule has 2 aliphatic rings. The lowest BCUT2D eigenvalue weighted by atomic mass is 10.2. The second-order valence-electron chi connectivity index (χ2n) is 7.20. The first-order chi connectivity index (χ1) is 13.3. The highest BCUT2D eigenvalue weighted by Crippen LogP contribution is 2.35. The summed E-state index contributed by atoms with van der Waals surface area (Å²) < 4.78 is 32.2. The van der Waals surface area contributed by atoms with Crippen LogP contribution in [0.4, 0.5) is 5.13 Å². The number of carbonyl (C=O) groups excluding carboxylic acids is 1. The largest absolute Gasteiger partial charge is 0.376 e. The molecule has 2 saturated heterocycles. The number of hydrogen-bond donors (Lipinski definition) is 0. The van der Waals surface area contributed by atoms with E-state index in [4.69, 9.17) is 16.3 Å². The highest BCUT2D eigenvalue weighted by molar-refractivity contribution is 7.88. The minimum atomic E-state index is -3.45. The number of para-hydroxylation sites is 1. The topological polar surface area (TPSA) is 79.8 Å². The minimum absolute atomic E-state index is 0.0699. The maximum absolute atomic E-state index is 13.5. The van der Waals surface area contributed by atoms with E-state index in [1.54, 1.807) is 11.0 Å². The standard InChI is InChI=1S/C18H22ClN3O4S2/c1-28(24,25)22-9-3-7-14(22)17(23)21(11-12-5-4-10-26-12)18-20-16-13(19)6-2-8-15(16)27-18/h2,6,8,12,14H,3-5,7,9-11H2,1H3/t12-,14+/m1/s1. The summed E-state index contributed by atoms with van der Waals surface area (Å²) in [6.07, 6.45) is 4.09. The van der Waals surface area contributed by atoms with Crippen LogP contribution in [-0.2, 0) is 19.6 Å². The molecular weight excluding hydrogens is 422 g/mol. The van der Waals surface area contributed by atoms with Gasteiger partial charge in [-0.2, -0.15) is 4.31 Å². The van der Waals surface area contributed by atoms with Gasteiger partial charge in [-0.25, -0.2) is 13.4 Å². The number of benzene rings is 1. The van der Waals surface area contributed by atoms with E-state index in [-0.39, 0.29) is 12.0 Å². The van der Waals surface area contributed by atoms with Crippen LogP contribution in [0.15, 0.2) is 18.2 Å². The Morgan fingerprint density at radius 3 is 2.89 bits per heavy atom. The van der Waals surface area contributed by atoms with Gasteiger partial charge in [-0.05, 0) is 37.8 Å². The Morgan fingerprint density at radius 1 is 1.39 bits per heavy atom. The molecular formula is C18H22ClN3O4S2. The summed E-state index contributed by atoms with van der Waals surface area (Å²) in [6, 6.07) is 4.83. The first kappa shape index (κ1) is 20.0. The van der Waals surface area contributed by atoms with Crippen LogP contribution in [0.2, 0.25) is 5.02 Å². The summed E-state index contributed by atoms with van der Waals surface area (Å²) in [7, 11) is -3.45. The first-order valence-corrected chi connectivity index (χ1v) is 12.3. The quantitative estimate of drug-likeness (QED) is 0.709. The molecule has 28 heavy (non-hydrogen) atoms. The van der Waals surface area contributed by atoms with Crippen LogP contribution in [0.5, 0.6) is 0 Å². The molecule has 2 fully saturated rings. The SMILES string of the molecule is CS(=O)(=O)N1CCC[C@H]1C(=O)N(C[C@H]1CCCO1)c1nc2c(Cl)cccc2s1. The third-order valence-corrected chi connectivity index (χ3v) is 7.82. The molecule has 7 nitrogen and oxygen atoms in total. The minimum Gasteiger partial charge on any atom is -0.376 e. The van der Waals surface area contributed by atoms with Crippen molar-refractivity contribution >= 4 is 54.2 Å². The van der Waals surface area contributed by atoms with Crippen molar-refractivity contribution in [1.29, 1.82) is 0 Å². The van der Waals surface area contributed by atoms with Gasteiger partial charge in [0.25, 0.3) is 0 Å². The van der Waals surface area contributed by atoms with Crippen molar-refractivity contribution in [3.8, 4) is 0 Å². The van der Waals surface area contributed by atoms with Crippen molar-refractivity contribution in [1.82, 2.24) is 9.29 Å². The number of thiazole rings is 1. The van der Waals surface area contributed by atoms with Gasteiger partial charge in [0.05, 0.1) is 28.6 Å². The smallest absolute Gasteiger partial charge is 0.247 e. The average Bonchev–Trinajstić information content (AvgIpc) is 3.37. The zero-order chi connectivity index (χ0) is 19.9. The molecule has 2 aliphatic heterocycles. The number of hydrogen-bond acceptors (Lipinski definition) is 6. The number of sulfonamides is 1. The maximum atomic E-state index is 13.5. The molecule has 1 amide bonds. The van der Waals surface area contributed by atoms with E-state index in [1.807, 2.05) is 12.1 Å². The molecule has 10 heteroatoms. The second-order valence-corrected chi connectivity index (χ2v) is 10.5. The summed E-state index contributed by atoms with van der Waals surface area (Å²) in [4.78, 5) is 19.7. The molecule has 2 aromatic rings. The Hall–Kier alpha value is -1.26. The number of rotatable bonds is 5. The maximum Gasteiger partial charge on any atom is 0.247 e. The Balaban J connectivity index is 1.70. The van der Waals surface area contributed by atoms with Gasteiger partial charge in [-0.15, -0.1) is 0 Å². The fourth-order valence-corrected chi connectivity index (χ4v) is 6.24. The van der Waals surface area contributed by atoms with E-state index in [0.29, 0.717) is 48.2 Å². The van der Waals surface area contributed by atoms with E-state index in [0.717, 1.165) is 23.8 Å². The summed E-state index contributed by atoms with van der Waals surface area (Å²) in [6.45, 7) is 1.41. The molecule has 152 valence electrons. The van der Waals surface area contributed by atoms with Gasteiger partial charge >= 0.3 is 0 Å². The Bertz CT molecular complexity index is 988. The molecule has 0 bridgehead atoms. The van der Waals surface area contributed by atoms with Crippen molar-refractivity contribution in [2.45, 2.75) is 37.8 Å². The van der Waals surface area contributed by atoms with Crippen molar-refractivity contribution < 1.29 is 17.9 Å². The van der Waals surface area contributed by atoms with Crippen molar-refractivity contribution in [3.63, 3.8) is 0 Å². The number of halogens is 1. The van der Waals surface area contributed by atoms with Gasteiger partial charge < -0.3 is 4.74 Å². The van der Waals surface area contributed by atoms with E-state index in [9.17, 15) is 13.2 Å². The predicted octanol–water partition coefficient (Wildman–Crippen LogP) is 2.89. The van der Waals surface area contributed by atoms with Gasteiger partial charge in [0, 0.05) is 13.2 Å². The third kappa shape index (κ3) is 3.91. The van der Waals surface area contributed by atoms with Gasteiger partial charge in [-0.1, -0.05) is 29.0 Å². The number of ether oxygens (including phenoxy) is 1. The molecule has 0 unspecified atom stereocenters. The van der Waals surface area contributed by atoms with E-state index < -0.39 is 16.1 Å². The molecule has 1 aromatic heterocycles. The van der Waals surface area contributed by atoms with E-state index >= 15 is 0 Å². The number of nitrogens with zero attached hydrogens (tertiary/aromatic N) is 3. The highest BCUT2D eigenvalue weighted by Gasteiger charge is 2.40. The average molecular weight is 444 g/mol. The molecule has 2 atom stereocenters. The van der Waals surface area contributed by atoms with Crippen molar-refractivity contribution in [2.75, 3.05) is 30.9 Å². The van der Waals surface area contributed by atoms with Crippen molar-refractivity contribution in [2.24, 2.45) is 0 Å². The normalized spacial score (nSPS) is 23.5. The van der Waals surface area contributed by atoms with E-state index in [1.165, 1.54) is 15.6 Å². The Kier molecular flexibility index (Phi) is 5.63. The lowest BCUT2D eigenvalue weighted by Crippen LogP contribution is -2.49. The lowest BCUT2D eigenvalue weighted by Gasteiger charge is -2.29. The van der Waals surface area contributed by atoms with E-state index in [2.05, 4.69) is 4.98 Å². The summed E-state index contributed by atoms with van der Waals surface area (Å²) >= 11 is 7.65. The first-order valence-electron chi connectivity index (χ1n) is 9.29. The summed E-state index contributed by atoms with van der Waals surface area (Å²) in [5.41, 5.74) is 0.653. The highest BCUT2D eigenvalue weighted by atomic mass is 35.5. The van der Waals surface area contributed by atoms with Crippen molar-refractivity contribution in [3.05, 3.63) is 23.2 Å². The van der Waals surface area contributed by atoms with Gasteiger partial charge in [0.15, 0.2) is 5.13 Å². The van der Waals surface area contributed by atoms with Gasteiger partial charge in [-0.3, -0.25) is 9.69 Å². The Morgan fingerprint density at radius 2 is 2.21 bits per heavy atom. The predicted molar refractivity (Wildman–Crippen MR) is 111 cm³/mol. The molecule has 1 aromatic carbocycles. The van der Waals surface area contributed by atoms with Gasteiger partial charge in [0.1, 0.15) is 11.6 Å². The monoisotopic (exact) mass is 443 g/mol. The second kappa shape index (κ2) is 7.87. The van der Waals surface area contributed by atoms with Crippen LogP contribution in [0.1, 0.15) is 25.7 Å².